The minimum Gasteiger partial charge on any atom is -0.334 e. The monoisotopic (exact) mass is 354 g/mol. The van der Waals surface area contributed by atoms with E-state index in [1.54, 1.807) is 17.0 Å². The van der Waals surface area contributed by atoms with Crippen LogP contribution in [0, 0.1) is 6.92 Å². The maximum Gasteiger partial charge on any atom is 0.253 e. The summed E-state index contributed by atoms with van der Waals surface area (Å²) in [5.41, 5.74) is 3.29. The van der Waals surface area contributed by atoms with E-state index in [0.717, 1.165) is 22.0 Å². The van der Waals surface area contributed by atoms with Crippen LogP contribution >= 0.6 is 11.6 Å². The van der Waals surface area contributed by atoms with Crippen molar-refractivity contribution in [1.82, 2.24) is 9.88 Å². The molecule has 1 heterocycles. The first-order chi connectivity index (χ1) is 11.9. The average Bonchev–Trinajstić information content (AvgIpc) is 2.57. The third kappa shape index (κ3) is 4.09. The first-order valence-electron chi connectivity index (χ1n) is 8.05. The summed E-state index contributed by atoms with van der Waals surface area (Å²) in [5, 5.41) is 1.61. The van der Waals surface area contributed by atoms with Gasteiger partial charge in [0.1, 0.15) is 0 Å². The van der Waals surface area contributed by atoms with Crippen molar-refractivity contribution in [2.24, 2.45) is 0 Å². The van der Waals surface area contributed by atoms with Crippen molar-refractivity contribution in [1.29, 1.82) is 0 Å². The van der Waals surface area contributed by atoms with E-state index in [4.69, 9.17) is 11.6 Å². The van der Waals surface area contributed by atoms with Crippen molar-refractivity contribution < 1.29 is 4.79 Å². The van der Waals surface area contributed by atoms with Gasteiger partial charge in [-0.1, -0.05) is 35.4 Å². The fraction of sp³-hybridized carbons (Fsp3) is 0.200. The summed E-state index contributed by atoms with van der Waals surface area (Å²) in [6.07, 6.45) is 0. The zero-order valence-corrected chi connectivity index (χ0v) is 14.9. The molecule has 2 aromatic carbocycles. The highest BCUT2D eigenvalue weighted by Gasteiger charge is 2.13. The second kappa shape index (κ2) is 7.11. The first kappa shape index (κ1) is 17.2. The lowest BCUT2D eigenvalue weighted by molar-refractivity contribution is -0.130. The van der Waals surface area contributed by atoms with Gasteiger partial charge < -0.3 is 9.88 Å². The van der Waals surface area contributed by atoms with E-state index in [1.807, 2.05) is 43.3 Å². The Morgan fingerprint density at radius 2 is 1.80 bits per heavy atom. The van der Waals surface area contributed by atoms with E-state index in [-0.39, 0.29) is 18.0 Å². The second-order valence-corrected chi connectivity index (χ2v) is 6.65. The molecule has 0 bridgehead atoms. The van der Waals surface area contributed by atoms with Crippen LogP contribution in [0.3, 0.4) is 0 Å². The van der Waals surface area contributed by atoms with Gasteiger partial charge in [0.25, 0.3) is 5.56 Å². The number of nitrogens with one attached hydrogen (secondary N) is 1. The number of amides is 1. The summed E-state index contributed by atoms with van der Waals surface area (Å²) in [7, 11) is 0. The number of aryl methyl sites for hydroxylation is 1. The Hall–Kier alpha value is -2.59. The average molecular weight is 355 g/mol. The lowest BCUT2D eigenvalue weighted by Crippen LogP contribution is -2.30. The summed E-state index contributed by atoms with van der Waals surface area (Å²) < 4.78 is 0. The fourth-order valence-corrected chi connectivity index (χ4v) is 2.91. The number of fused-ring (bicyclic) bond motifs is 1. The van der Waals surface area contributed by atoms with E-state index in [2.05, 4.69) is 4.98 Å². The van der Waals surface area contributed by atoms with E-state index in [1.165, 1.54) is 6.92 Å². The van der Waals surface area contributed by atoms with Gasteiger partial charge in [0.2, 0.25) is 5.91 Å². The fourth-order valence-electron chi connectivity index (χ4n) is 2.78. The number of halogens is 1. The van der Waals surface area contributed by atoms with Gasteiger partial charge in [-0.05, 0) is 48.2 Å². The van der Waals surface area contributed by atoms with Gasteiger partial charge in [-0.2, -0.15) is 0 Å². The van der Waals surface area contributed by atoms with Gasteiger partial charge >= 0.3 is 0 Å². The van der Waals surface area contributed by atoms with Crippen LogP contribution in [-0.2, 0) is 17.9 Å². The standard InChI is InChI=1S/C20H19ClN2O2/c1-13-3-8-19-16(9-13)10-17(20(25)22-19)12-23(14(2)24)11-15-4-6-18(21)7-5-15/h3-10H,11-12H2,1-2H3,(H,22,25). The largest absolute Gasteiger partial charge is 0.334 e. The predicted octanol–water partition coefficient (Wildman–Crippen LogP) is 4.04. The van der Waals surface area contributed by atoms with Gasteiger partial charge in [-0.3, -0.25) is 9.59 Å². The Morgan fingerprint density at radius 1 is 1.08 bits per heavy atom. The molecule has 0 saturated carbocycles. The van der Waals surface area contributed by atoms with Crippen LogP contribution in [0.5, 0.6) is 0 Å². The molecular weight excluding hydrogens is 336 g/mol. The number of carbonyl (C=O) groups is 1. The normalized spacial score (nSPS) is 10.8. The minimum atomic E-state index is -0.168. The molecule has 0 saturated heterocycles. The first-order valence-corrected chi connectivity index (χ1v) is 8.43. The molecule has 0 aliphatic heterocycles. The Balaban J connectivity index is 1.90. The molecule has 3 aromatic rings. The van der Waals surface area contributed by atoms with Gasteiger partial charge in [0.05, 0.1) is 6.54 Å². The molecule has 5 heteroatoms. The summed E-state index contributed by atoms with van der Waals surface area (Å²) >= 11 is 5.90. The third-order valence-electron chi connectivity index (χ3n) is 4.17. The Bertz CT molecular complexity index is 977. The number of aromatic nitrogens is 1. The summed E-state index contributed by atoms with van der Waals surface area (Å²) in [5.74, 6) is -0.0845. The molecule has 0 aliphatic rings. The molecule has 1 aromatic heterocycles. The summed E-state index contributed by atoms with van der Waals surface area (Å²) in [6, 6.07) is 15.1. The van der Waals surface area contributed by atoms with Crippen molar-refractivity contribution in [3.63, 3.8) is 0 Å². The number of pyridine rings is 1. The third-order valence-corrected chi connectivity index (χ3v) is 4.42. The van der Waals surface area contributed by atoms with Crippen LogP contribution in [0.1, 0.15) is 23.6 Å². The zero-order chi connectivity index (χ0) is 18.0. The van der Waals surface area contributed by atoms with E-state index >= 15 is 0 Å². The smallest absolute Gasteiger partial charge is 0.253 e. The molecule has 0 spiro atoms. The van der Waals surface area contributed by atoms with E-state index in [0.29, 0.717) is 17.1 Å². The van der Waals surface area contributed by atoms with Crippen molar-refractivity contribution in [3.05, 3.63) is 80.6 Å². The summed E-state index contributed by atoms with van der Waals surface area (Å²) in [6.45, 7) is 4.21. The van der Waals surface area contributed by atoms with Crippen LogP contribution in [0.25, 0.3) is 10.9 Å². The van der Waals surface area contributed by atoms with Crippen LogP contribution < -0.4 is 5.56 Å². The van der Waals surface area contributed by atoms with Crippen molar-refractivity contribution >= 4 is 28.4 Å². The Labute approximate surface area is 151 Å². The lowest BCUT2D eigenvalue weighted by atomic mass is 10.1. The maximum absolute atomic E-state index is 12.4. The molecule has 4 nitrogen and oxygen atoms in total. The number of H-pyrrole nitrogens is 1. The molecule has 128 valence electrons. The van der Waals surface area contributed by atoms with Crippen molar-refractivity contribution in [2.45, 2.75) is 26.9 Å². The molecule has 0 aliphatic carbocycles. The van der Waals surface area contributed by atoms with Crippen LogP contribution in [-0.4, -0.2) is 15.8 Å². The van der Waals surface area contributed by atoms with Gasteiger partial charge in [0, 0.05) is 29.6 Å². The molecule has 0 unspecified atom stereocenters. The molecular formula is C20H19ClN2O2. The lowest BCUT2D eigenvalue weighted by Gasteiger charge is -2.21. The Morgan fingerprint density at radius 3 is 2.48 bits per heavy atom. The highest BCUT2D eigenvalue weighted by Crippen LogP contribution is 2.16. The van der Waals surface area contributed by atoms with Crippen LogP contribution in [0.15, 0.2) is 53.3 Å². The molecule has 0 radical (unpaired) electrons. The Kier molecular flexibility index (Phi) is 4.91. The highest BCUT2D eigenvalue weighted by atomic mass is 35.5. The number of benzene rings is 2. The second-order valence-electron chi connectivity index (χ2n) is 6.22. The van der Waals surface area contributed by atoms with Gasteiger partial charge in [0.15, 0.2) is 0 Å². The number of rotatable bonds is 4. The van der Waals surface area contributed by atoms with Crippen LogP contribution in [0.4, 0.5) is 0 Å². The van der Waals surface area contributed by atoms with Crippen LogP contribution in [0.2, 0.25) is 5.02 Å². The van der Waals surface area contributed by atoms with E-state index < -0.39 is 0 Å². The molecule has 3 rings (SSSR count). The zero-order valence-electron chi connectivity index (χ0n) is 14.2. The van der Waals surface area contributed by atoms with Gasteiger partial charge in [-0.15, -0.1) is 0 Å². The van der Waals surface area contributed by atoms with E-state index in [9.17, 15) is 9.59 Å². The molecule has 25 heavy (non-hydrogen) atoms. The minimum absolute atomic E-state index is 0.0845. The molecule has 0 fully saturated rings. The highest BCUT2D eigenvalue weighted by molar-refractivity contribution is 6.30. The number of aromatic amines is 1. The SMILES string of the molecule is CC(=O)N(Cc1ccc(Cl)cc1)Cc1cc2cc(C)ccc2[nH]c1=O. The molecule has 1 N–H and O–H groups in total. The maximum atomic E-state index is 12.4. The predicted molar refractivity (Wildman–Crippen MR) is 101 cm³/mol. The van der Waals surface area contributed by atoms with Crippen molar-refractivity contribution in [2.75, 3.05) is 0 Å². The number of carbonyl (C=O) groups excluding carboxylic acids is 1. The number of hydrogen-bond acceptors (Lipinski definition) is 2. The summed E-state index contributed by atoms with van der Waals surface area (Å²) in [4.78, 5) is 28.9. The quantitative estimate of drug-likeness (QED) is 0.768. The van der Waals surface area contributed by atoms with Gasteiger partial charge in [-0.25, -0.2) is 0 Å². The number of hydrogen-bond donors (Lipinski definition) is 1. The molecule has 0 atom stereocenters. The topological polar surface area (TPSA) is 53.2 Å². The number of nitrogens with zero attached hydrogens (tertiary/aromatic N) is 1. The molecule has 1 amide bonds. The van der Waals surface area contributed by atoms with Crippen molar-refractivity contribution in [3.8, 4) is 0 Å².